The zero-order valence-electron chi connectivity index (χ0n) is 13.1. The van der Waals surface area contributed by atoms with Crippen molar-refractivity contribution < 1.29 is 9.53 Å². The van der Waals surface area contributed by atoms with Crippen LogP contribution >= 0.6 is 0 Å². The molecule has 0 aliphatic carbocycles. The molecule has 0 aliphatic heterocycles. The Bertz CT molecular complexity index is 965. The maximum absolute atomic E-state index is 11.7. The van der Waals surface area contributed by atoms with E-state index in [1.54, 1.807) is 23.6 Å². The maximum Gasteiger partial charge on any atom is 0.169 e. The Morgan fingerprint density at radius 2 is 2.04 bits per heavy atom. The van der Waals surface area contributed by atoms with E-state index in [0.717, 1.165) is 23.2 Å². The van der Waals surface area contributed by atoms with Crippen LogP contribution in [0.2, 0.25) is 0 Å². The lowest BCUT2D eigenvalue weighted by molar-refractivity contribution is 0.111. The summed E-state index contributed by atoms with van der Waals surface area (Å²) in [6, 6.07) is 11.3. The number of rotatable bonds is 3. The molecule has 1 aromatic carbocycles. The topological polar surface area (TPSA) is 67.4 Å². The molecule has 0 atom stereocenters. The first-order chi connectivity index (χ1) is 11.1. The third-order valence-electron chi connectivity index (χ3n) is 3.96. The summed E-state index contributed by atoms with van der Waals surface area (Å²) in [7, 11) is 1.62. The van der Waals surface area contributed by atoms with E-state index >= 15 is 0 Å². The number of fused-ring (bicyclic) bond motifs is 1. The molecule has 3 rings (SSSR count). The number of ether oxygens (including phenoxy) is 1. The van der Waals surface area contributed by atoms with Crippen LogP contribution in [0.4, 0.5) is 0 Å². The first-order valence-electron chi connectivity index (χ1n) is 7.13. The van der Waals surface area contributed by atoms with Gasteiger partial charge in [-0.15, -0.1) is 0 Å². The van der Waals surface area contributed by atoms with Crippen molar-refractivity contribution in [2.45, 2.75) is 13.8 Å². The van der Waals surface area contributed by atoms with Gasteiger partial charge in [-0.05, 0) is 49.7 Å². The average Bonchev–Trinajstić information content (AvgIpc) is 2.94. The number of aromatic nitrogens is 2. The molecule has 0 N–H and O–H groups in total. The van der Waals surface area contributed by atoms with Gasteiger partial charge in [0.2, 0.25) is 0 Å². The third kappa shape index (κ3) is 2.25. The number of pyridine rings is 1. The number of hydrogen-bond acceptors (Lipinski definition) is 4. The van der Waals surface area contributed by atoms with Gasteiger partial charge in [0.05, 0.1) is 12.7 Å². The summed E-state index contributed by atoms with van der Waals surface area (Å²) in [6.45, 7) is 3.75. The van der Waals surface area contributed by atoms with Gasteiger partial charge in [0.1, 0.15) is 28.9 Å². The lowest BCUT2D eigenvalue weighted by atomic mass is 10.1. The van der Waals surface area contributed by atoms with E-state index in [4.69, 9.17) is 4.74 Å². The molecule has 0 saturated carbocycles. The second kappa shape index (κ2) is 5.58. The molecule has 0 fully saturated rings. The van der Waals surface area contributed by atoms with Gasteiger partial charge < -0.3 is 4.74 Å². The Hall–Kier alpha value is -3.13. The summed E-state index contributed by atoms with van der Waals surface area (Å²) in [6.07, 6.45) is 0.781. The molecule has 0 amide bonds. The number of hydrogen-bond donors (Lipinski definition) is 0. The molecule has 23 heavy (non-hydrogen) atoms. The smallest absolute Gasteiger partial charge is 0.169 e. The van der Waals surface area contributed by atoms with E-state index in [-0.39, 0.29) is 0 Å². The minimum absolute atomic E-state index is 0.444. The molecule has 0 bridgehead atoms. The molecule has 0 spiro atoms. The molecule has 2 heterocycles. The summed E-state index contributed by atoms with van der Waals surface area (Å²) in [4.78, 5) is 16.2. The Kier molecular flexibility index (Phi) is 3.59. The zero-order valence-corrected chi connectivity index (χ0v) is 13.1. The standard InChI is InChI=1S/C18H15N3O2/c1-11-8-13(4-6-16(11)23-3)18-15(10-22)21-12(2)14(9-19)5-7-17(21)20-18/h4-8,10H,1-3H3. The first kappa shape index (κ1) is 14.8. The monoisotopic (exact) mass is 305 g/mol. The number of aryl methyl sites for hydroxylation is 2. The van der Waals surface area contributed by atoms with Crippen LogP contribution in [0.3, 0.4) is 0 Å². The van der Waals surface area contributed by atoms with Crippen LogP contribution in [-0.2, 0) is 0 Å². The van der Waals surface area contributed by atoms with Crippen LogP contribution in [0.25, 0.3) is 16.9 Å². The fourth-order valence-corrected chi connectivity index (χ4v) is 2.78. The Labute approximate surface area is 133 Å². The maximum atomic E-state index is 11.7. The number of methoxy groups -OCH3 is 1. The van der Waals surface area contributed by atoms with E-state index < -0.39 is 0 Å². The van der Waals surface area contributed by atoms with Crippen molar-refractivity contribution in [1.82, 2.24) is 9.38 Å². The molecular weight excluding hydrogens is 290 g/mol. The molecule has 0 unspecified atom stereocenters. The second-order valence-electron chi connectivity index (χ2n) is 5.29. The zero-order chi connectivity index (χ0) is 16.6. The summed E-state index contributed by atoms with van der Waals surface area (Å²) < 4.78 is 6.99. The number of imidazole rings is 1. The van der Waals surface area contributed by atoms with Crippen molar-refractivity contribution >= 4 is 11.9 Å². The number of nitriles is 1. The molecule has 0 aliphatic rings. The van der Waals surface area contributed by atoms with Crippen molar-refractivity contribution in [3.63, 3.8) is 0 Å². The molecule has 3 aromatic rings. The van der Waals surface area contributed by atoms with Crippen LogP contribution in [-0.4, -0.2) is 22.8 Å². The number of carbonyl (C=O) groups excluding carboxylic acids is 1. The van der Waals surface area contributed by atoms with Gasteiger partial charge in [-0.2, -0.15) is 5.26 Å². The van der Waals surface area contributed by atoms with Gasteiger partial charge >= 0.3 is 0 Å². The second-order valence-corrected chi connectivity index (χ2v) is 5.29. The fraction of sp³-hybridized carbons (Fsp3) is 0.167. The van der Waals surface area contributed by atoms with Crippen molar-refractivity contribution in [2.75, 3.05) is 7.11 Å². The third-order valence-corrected chi connectivity index (χ3v) is 3.96. The highest BCUT2D eigenvalue weighted by atomic mass is 16.5. The van der Waals surface area contributed by atoms with Crippen molar-refractivity contribution in [3.8, 4) is 23.1 Å². The van der Waals surface area contributed by atoms with Gasteiger partial charge in [0, 0.05) is 11.3 Å². The van der Waals surface area contributed by atoms with Crippen LogP contribution in [0.5, 0.6) is 5.75 Å². The van der Waals surface area contributed by atoms with Crippen molar-refractivity contribution in [2.24, 2.45) is 0 Å². The predicted octanol–water partition coefficient (Wildman–Crippen LogP) is 3.31. The molecule has 114 valence electrons. The lowest BCUT2D eigenvalue weighted by Crippen LogP contribution is -1.99. The van der Waals surface area contributed by atoms with E-state index in [9.17, 15) is 10.1 Å². The van der Waals surface area contributed by atoms with Crippen LogP contribution in [0.1, 0.15) is 27.3 Å². The lowest BCUT2D eigenvalue weighted by Gasteiger charge is -2.07. The summed E-state index contributed by atoms with van der Waals surface area (Å²) >= 11 is 0. The molecular formula is C18H15N3O2. The summed E-state index contributed by atoms with van der Waals surface area (Å²) in [5, 5.41) is 9.17. The van der Waals surface area contributed by atoms with Gasteiger partial charge in [-0.3, -0.25) is 9.20 Å². The van der Waals surface area contributed by atoms with Crippen LogP contribution < -0.4 is 4.74 Å². The summed E-state index contributed by atoms with van der Waals surface area (Å²) in [5.41, 5.74) is 4.72. The Morgan fingerprint density at radius 1 is 1.26 bits per heavy atom. The molecule has 0 radical (unpaired) electrons. The van der Waals surface area contributed by atoms with Crippen LogP contribution in [0.15, 0.2) is 30.3 Å². The minimum atomic E-state index is 0.444. The highest BCUT2D eigenvalue weighted by Crippen LogP contribution is 2.29. The molecule has 5 nitrogen and oxygen atoms in total. The van der Waals surface area contributed by atoms with E-state index in [1.165, 1.54) is 0 Å². The summed E-state index contributed by atoms with van der Waals surface area (Å²) in [5.74, 6) is 0.785. The van der Waals surface area contributed by atoms with E-state index in [0.29, 0.717) is 28.3 Å². The van der Waals surface area contributed by atoms with Gasteiger partial charge in [0.25, 0.3) is 0 Å². The molecule has 0 saturated heterocycles. The van der Waals surface area contributed by atoms with Crippen LogP contribution in [0, 0.1) is 25.2 Å². The van der Waals surface area contributed by atoms with Gasteiger partial charge in [-0.1, -0.05) is 0 Å². The number of benzene rings is 1. The Balaban J connectivity index is 2.30. The Morgan fingerprint density at radius 3 is 2.65 bits per heavy atom. The van der Waals surface area contributed by atoms with E-state index in [2.05, 4.69) is 11.1 Å². The number of aldehydes is 1. The largest absolute Gasteiger partial charge is 0.496 e. The van der Waals surface area contributed by atoms with Crippen molar-refractivity contribution in [1.29, 1.82) is 5.26 Å². The highest BCUT2D eigenvalue weighted by molar-refractivity contribution is 5.87. The van der Waals surface area contributed by atoms with Gasteiger partial charge in [0.15, 0.2) is 6.29 Å². The average molecular weight is 305 g/mol. The minimum Gasteiger partial charge on any atom is -0.496 e. The SMILES string of the molecule is COc1ccc(-c2nc3ccc(C#N)c(C)n3c2C=O)cc1C. The van der Waals surface area contributed by atoms with Gasteiger partial charge in [-0.25, -0.2) is 4.98 Å². The molecule has 5 heteroatoms. The number of carbonyl (C=O) groups is 1. The molecule has 2 aromatic heterocycles. The first-order valence-corrected chi connectivity index (χ1v) is 7.13. The normalized spacial score (nSPS) is 10.5. The van der Waals surface area contributed by atoms with E-state index in [1.807, 2.05) is 32.0 Å². The fourth-order valence-electron chi connectivity index (χ4n) is 2.78. The van der Waals surface area contributed by atoms with Crippen molar-refractivity contribution in [3.05, 3.63) is 52.8 Å². The predicted molar refractivity (Wildman–Crippen MR) is 86.8 cm³/mol. The quantitative estimate of drug-likeness (QED) is 0.696. The number of nitrogens with zero attached hydrogens (tertiary/aromatic N) is 3. The highest BCUT2D eigenvalue weighted by Gasteiger charge is 2.17.